The maximum Gasteiger partial charge on any atom is 0.338 e. The fourth-order valence-corrected chi connectivity index (χ4v) is 2.53. The number of imidazole rings is 1. The highest BCUT2D eigenvalue weighted by molar-refractivity contribution is 9.10. The van der Waals surface area contributed by atoms with Gasteiger partial charge in [0.15, 0.2) is 0 Å². The Labute approximate surface area is 114 Å². The number of rotatable bonds is 4. The number of fused-ring (bicyclic) bond motifs is 1. The van der Waals surface area contributed by atoms with Gasteiger partial charge < -0.3 is 10.1 Å². The monoisotopic (exact) mass is 310 g/mol. The van der Waals surface area contributed by atoms with Crippen LogP contribution in [0.2, 0.25) is 0 Å². The van der Waals surface area contributed by atoms with E-state index in [1.807, 2.05) is 6.07 Å². The molecule has 0 amide bonds. The molecule has 96 valence electrons. The summed E-state index contributed by atoms with van der Waals surface area (Å²) in [4.78, 5) is 18.8. The summed E-state index contributed by atoms with van der Waals surface area (Å²) in [7, 11) is 0. The van der Waals surface area contributed by atoms with Crippen molar-refractivity contribution in [1.29, 1.82) is 0 Å². The van der Waals surface area contributed by atoms with Crippen molar-refractivity contribution < 1.29 is 9.90 Å². The van der Waals surface area contributed by atoms with Gasteiger partial charge in [-0.25, -0.2) is 9.78 Å². The molecule has 1 aromatic heterocycles. The lowest BCUT2D eigenvalue weighted by molar-refractivity contribution is 0.0699. The van der Waals surface area contributed by atoms with Crippen LogP contribution < -0.4 is 0 Å². The van der Waals surface area contributed by atoms with Crippen LogP contribution in [-0.2, 0) is 0 Å². The van der Waals surface area contributed by atoms with Gasteiger partial charge >= 0.3 is 5.97 Å². The number of aromatic nitrogens is 2. The maximum atomic E-state index is 11.2. The SMILES string of the molecule is CCCC(C)c1nc2c(C(=O)O)cc(Br)cc2[nH]1. The summed E-state index contributed by atoms with van der Waals surface area (Å²) < 4.78 is 0.741. The molecule has 1 unspecified atom stereocenters. The van der Waals surface area contributed by atoms with Gasteiger partial charge in [-0.05, 0) is 18.6 Å². The molecule has 0 saturated heterocycles. The van der Waals surface area contributed by atoms with E-state index in [1.165, 1.54) is 0 Å². The Kier molecular flexibility index (Phi) is 3.71. The van der Waals surface area contributed by atoms with Crippen molar-refractivity contribution in [3.8, 4) is 0 Å². The molecule has 2 rings (SSSR count). The molecule has 18 heavy (non-hydrogen) atoms. The first-order valence-corrected chi connectivity index (χ1v) is 6.74. The third kappa shape index (κ3) is 2.41. The summed E-state index contributed by atoms with van der Waals surface area (Å²) in [5.74, 6) is 0.206. The van der Waals surface area contributed by atoms with Gasteiger partial charge in [0, 0.05) is 10.4 Å². The number of carbonyl (C=O) groups is 1. The van der Waals surface area contributed by atoms with E-state index in [0.717, 1.165) is 28.7 Å². The van der Waals surface area contributed by atoms with E-state index in [9.17, 15) is 9.90 Å². The van der Waals surface area contributed by atoms with E-state index in [2.05, 4.69) is 39.7 Å². The van der Waals surface area contributed by atoms with E-state index in [0.29, 0.717) is 11.4 Å². The van der Waals surface area contributed by atoms with E-state index >= 15 is 0 Å². The highest BCUT2D eigenvalue weighted by atomic mass is 79.9. The lowest BCUT2D eigenvalue weighted by atomic mass is 10.1. The van der Waals surface area contributed by atoms with E-state index in [1.54, 1.807) is 6.07 Å². The minimum absolute atomic E-state index is 0.227. The van der Waals surface area contributed by atoms with Gasteiger partial charge in [0.05, 0.1) is 11.1 Å². The largest absolute Gasteiger partial charge is 0.478 e. The van der Waals surface area contributed by atoms with Gasteiger partial charge in [0.25, 0.3) is 0 Å². The molecule has 1 heterocycles. The van der Waals surface area contributed by atoms with Crippen molar-refractivity contribution in [3.05, 3.63) is 28.0 Å². The quantitative estimate of drug-likeness (QED) is 0.899. The lowest BCUT2D eigenvalue weighted by Crippen LogP contribution is -1.98. The van der Waals surface area contributed by atoms with Crippen molar-refractivity contribution in [2.45, 2.75) is 32.6 Å². The number of carboxylic acid groups (broad SMARTS) is 1. The highest BCUT2D eigenvalue weighted by Crippen LogP contribution is 2.26. The smallest absolute Gasteiger partial charge is 0.338 e. The van der Waals surface area contributed by atoms with Crippen LogP contribution in [0.1, 0.15) is 48.8 Å². The van der Waals surface area contributed by atoms with Crippen molar-refractivity contribution in [2.75, 3.05) is 0 Å². The molecule has 0 bridgehead atoms. The Hall–Kier alpha value is -1.36. The second-order valence-corrected chi connectivity index (χ2v) is 5.38. The second-order valence-electron chi connectivity index (χ2n) is 4.47. The average Bonchev–Trinajstić information content (AvgIpc) is 2.71. The first-order chi connectivity index (χ1) is 8.52. The summed E-state index contributed by atoms with van der Waals surface area (Å²) in [5.41, 5.74) is 1.52. The van der Waals surface area contributed by atoms with Gasteiger partial charge in [0.1, 0.15) is 11.3 Å². The molecule has 0 aliphatic heterocycles. The Bertz CT molecular complexity index is 592. The summed E-state index contributed by atoms with van der Waals surface area (Å²) in [6, 6.07) is 3.44. The summed E-state index contributed by atoms with van der Waals surface area (Å²) in [6.45, 7) is 4.22. The molecule has 5 heteroatoms. The zero-order chi connectivity index (χ0) is 13.3. The summed E-state index contributed by atoms with van der Waals surface area (Å²) in [6.07, 6.45) is 2.11. The minimum atomic E-state index is -0.956. The van der Waals surface area contributed by atoms with Gasteiger partial charge in [-0.2, -0.15) is 0 Å². The van der Waals surface area contributed by atoms with E-state index in [4.69, 9.17) is 0 Å². The van der Waals surface area contributed by atoms with E-state index < -0.39 is 5.97 Å². The number of hydrogen-bond donors (Lipinski definition) is 2. The fraction of sp³-hybridized carbons (Fsp3) is 0.385. The molecule has 0 fully saturated rings. The summed E-state index contributed by atoms with van der Waals surface area (Å²) in [5, 5.41) is 9.18. The average molecular weight is 311 g/mol. The standard InChI is InChI=1S/C13H15BrN2O2/c1-3-4-7(2)12-15-10-6-8(14)5-9(13(17)18)11(10)16-12/h5-7H,3-4H2,1-2H3,(H,15,16)(H,17,18). The zero-order valence-electron chi connectivity index (χ0n) is 10.3. The van der Waals surface area contributed by atoms with Gasteiger partial charge in [-0.3, -0.25) is 0 Å². The minimum Gasteiger partial charge on any atom is -0.478 e. The molecule has 0 saturated carbocycles. The predicted molar refractivity (Wildman–Crippen MR) is 74.1 cm³/mol. The van der Waals surface area contributed by atoms with Crippen LogP contribution in [0.3, 0.4) is 0 Å². The molecule has 2 N–H and O–H groups in total. The van der Waals surface area contributed by atoms with Crippen molar-refractivity contribution >= 4 is 32.9 Å². The number of nitrogens with zero attached hydrogens (tertiary/aromatic N) is 1. The number of aromatic carboxylic acids is 1. The Morgan fingerprint density at radius 3 is 2.89 bits per heavy atom. The van der Waals surface area contributed by atoms with Crippen LogP contribution in [0.5, 0.6) is 0 Å². The first kappa shape index (κ1) is 13.1. The molecule has 0 radical (unpaired) electrons. The third-order valence-corrected chi connectivity index (χ3v) is 3.45. The van der Waals surface area contributed by atoms with Gasteiger partial charge in [-0.15, -0.1) is 0 Å². The zero-order valence-corrected chi connectivity index (χ0v) is 11.9. The molecule has 4 nitrogen and oxygen atoms in total. The van der Waals surface area contributed by atoms with Crippen LogP contribution in [0, 0.1) is 0 Å². The predicted octanol–water partition coefficient (Wildman–Crippen LogP) is 3.93. The molecule has 1 aromatic carbocycles. The van der Waals surface area contributed by atoms with Crippen LogP contribution in [0.25, 0.3) is 11.0 Å². The number of H-pyrrole nitrogens is 1. The van der Waals surface area contributed by atoms with Crippen LogP contribution in [-0.4, -0.2) is 21.0 Å². The van der Waals surface area contributed by atoms with Gasteiger partial charge in [0.2, 0.25) is 0 Å². The number of hydrogen-bond acceptors (Lipinski definition) is 2. The normalized spacial score (nSPS) is 12.8. The third-order valence-electron chi connectivity index (χ3n) is 2.99. The molecular weight excluding hydrogens is 296 g/mol. The Balaban J connectivity index is 2.56. The van der Waals surface area contributed by atoms with Crippen LogP contribution in [0.4, 0.5) is 0 Å². The molecule has 1 atom stereocenters. The number of halogens is 1. The Morgan fingerprint density at radius 1 is 1.56 bits per heavy atom. The molecule has 0 spiro atoms. The maximum absolute atomic E-state index is 11.2. The Morgan fingerprint density at radius 2 is 2.28 bits per heavy atom. The molecule has 0 aliphatic carbocycles. The van der Waals surface area contributed by atoms with Crippen LogP contribution >= 0.6 is 15.9 Å². The molecule has 2 aromatic rings. The molecule has 0 aliphatic rings. The number of carboxylic acids is 1. The van der Waals surface area contributed by atoms with Crippen molar-refractivity contribution in [3.63, 3.8) is 0 Å². The fourth-order valence-electron chi connectivity index (χ4n) is 2.07. The van der Waals surface area contributed by atoms with Crippen LogP contribution in [0.15, 0.2) is 16.6 Å². The number of nitrogens with one attached hydrogen (secondary N) is 1. The number of aromatic amines is 1. The number of benzene rings is 1. The van der Waals surface area contributed by atoms with E-state index in [-0.39, 0.29) is 5.56 Å². The topological polar surface area (TPSA) is 66.0 Å². The second kappa shape index (κ2) is 5.10. The van der Waals surface area contributed by atoms with Gasteiger partial charge in [-0.1, -0.05) is 36.2 Å². The van der Waals surface area contributed by atoms with Crippen molar-refractivity contribution in [2.24, 2.45) is 0 Å². The highest BCUT2D eigenvalue weighted by Gasteiger charge is 2.16. The lowest BCUT2D eigenvalue weighted by Gasteiger charge is -2.04. The molecular formula is C13H15BrN2O2. The summed E-state index contributed by atoms with van der Waals surface area (Å²) >= 11 is 3.32. The van der Waals surface area contributed by atoms with Crippen molar-refractivity contribution in [1.82, 2.24) is 9.97 Å². The first-order valence-electron chi connectivity index (χ1n) is 5.95.